The number of carbonyl (C=O) groups excluding carboxylic acids is 1. The molecule has 30 heavy (non-hydrogen) atoms. The van der Waals surface area contributed by atoms with Gasteiger partial charge in [-0.2, -0.15) is 0 Å². The maximum atomic E-state index is 13.0. The predicted molar refractivity (Wildman–Crippen MR) is 118 cm³/mol. The van der Waals surface area contributed by atoms with Crippen LogP contribution in [-0.2, 0) is 10.0 Å². The number of anilines is 1. The Bertz CT molecular complexity index is 971. The number of amides is 1. The highest BCUT2D eigenvalue weighted by atomic mass is 35.5. The minimum atomic E-state index is -3.97. The van der Waals surface area contributed by atoms with E-state index in [0.29, 0.717) is 25.2 Å². The van der Waals surface area contributed by atoms with Crippen LogP contribution in [0.25, 0.3) is 0 Å². The number of sulfonamides is 1. The van der Waals surface area contributed by atoms with Gasteiger partial charge in [-0.1, -0.05) is 11.6 Å². The molecule has 2 aromatic rings. The standard InChI is InChI=1S/C21H27ClFN3O3S/c1-14(2)26(15(3)4)12-11-24-21(27)19-13-18(9-10-20(19)22)30(28,29)25-17-7-5-16(23)6-8-17/h5-10,13-15,25H,11-12H2,1-4H3,(H,24,27). The lowest BCUT2D eigenvalue weighted by atomic mass is 10.2. The highest BCUT2D eigenvalue weighted by Gasteiger charge is 2.20. The third-order valence-electron chi connectivity index (χ3n) is 4.57. The van der Waals surface area contributed by atoms with Gasteiger partial charge in [-0.3, -0.25) is 14.4 Å². The van der Waals surface area contributed by atoms with Crippen molar-refractivity contribution in [2.24, 2.45) is 0 Å². The number of carbonyl (C=O) groups is 1. The van der Waals surface area contributed by atoms with Crippen molar-refractivity contribution < 1.29 is 17.6 Å². The number of benzene rings is 2. The summed E-state index contributed by atoms with van der Waals surface area (Å²) in [4.78, 5) is 14.7. The molecule has 0 unspecified atom stereocenters. The van der Waals surface area contributed by atoms with Crippen LogP contribution in [0.1, 0.15) is 38.1 Å². The first-order valence-electron chi connectivity index (χ1n) is 9.63. The Balaban J connectivity index is 2.13. The largest absolute Gasteiger partial charge is 0.351 e. The van der Waals surface area contributed by atoms with Gasteiger partial charge >= 0.3 is 0 Å². The zero-order valence-electron chi connectivity index (χ0n) is 17.4. The molecule has 0 fully saturated rings. The average molecular weight is 456 g/mol. The van der Waals surface area contributed by atoms with E-state index < -0.39 is 21.7 Å². The van der Waals surface area contributed by atoms with Crippen LogP contribution in [0.2, 0.25) is 5.02 Å². The summed E-state index contributed by atoms with van der Waals surface area (Å²) in [7, 11) is -3.97. The summed E-state index contributed by atoms with van der Waals surface area (Å²) in [5.74, 6) is -0.928. The molecule has 9 heteroatoms. The minimum absolute atomic E-state index is 0.0688. The van der Waals surface area contributed by atoms with E-state index in [9.17, 15) is 17.6 Å². The number of rotatable bonds is 9. The van der Waals surface area contributed by atoms with Crippen LogP contribution in [0.3, 0.4) is 0 Å². The lowest BCUT2D eigenvalue weighted by molar-refractivity contribution is 0.0939. The van der Waals surface area contributed by atoms with Gasteiger partial charge in [0.05, 0.1) is 15.5 Å². The van der Waals surface area contributed by atoms with Crippen LogP contribution in [0.4, 0.5) is 10.1 Å². The van der Waals surface area contributed by atoms with E-state index in [1.54, 1.807) is 0 Å². The molecule has 0 aromatic heterocycles. The molecule has 0 saturated carbocycles. The van der Waals surface area contributed by atoms with Crippen LogP contribution < -0.4 is 10.0 Å². The normalized spacial score (nSPS) is 11.9. The highest BCUT2D eigenvalue weighted by Crippen LogP contribution is 2.23. The molecular weight excluding hydrogens is 429 g/mol. The second-order valence-electron chi connectivity index (χ2n) is 7.44. The predicted octanol–water partition coefficient (Wildman–Crippen LogP) is 4.13. The molecule has 6 nitrogen and oxygen atoms in total. The highest BCUT2D eigenvalue weighted by molar-refractivity contribution is 7.92. The SMILES string of the molecule is CC(C)N(CCNC(=O)c1cc(S(=O)(=O)Nc2ccc(F)cc2)ccc1Cl)C(C)C. The number of nitrogens with zero attached hydrogens (tertiary/aromatic N) is 1. The number of nitrogens with one attached hydrogen (secondary N) is 2. The topological polar surface area (TPSA) is 78.5 Å². The van der Waals surface area contributed by atoms with Gasteiger partial charge in [0, 0.05) is 30.9 Å². The first-order chi connectivity index (χ1) is 14.0. The minimum Gasteiger partial charge on any atom is -0.351 e. The van der Waals surface area contributed by atoms with Crippen molar-refractivity contribution >= 4 is 33.2 Å². The molecule has 0 spiro atoms. The Morgan fingerprint density at radius 1 is 1.07 bits per heavy atom. The number of hydrogen-bond donors (Lipinski definition) is 2. The second kappa shape index (κ2) is 10.2. The summed E-state index contributed by atoms with van der Waals surface area (Å²) in [5.41, 5.74) is 0.277. The Morgan fingerprint density at radius 2 is 1.67 bits per heavy atom. The first-order valence-corrected chi connectivity index (χ1v) is 11.5. The molecule has 2 N–H and O–H groups in total. The maximum absolute atomic E-state index is 13.0. The van der Waals surface area contributed by atoms with Crippen molar-refractivity contribution in [2.45, 2.75) is 44.7 Å². The molecular formula is C21H27ClFN3O3S. The number of hydrogen-bond acceptors (Lipinski definition) is 4. The van der Waals surface area contributed by atoms with Crippen LogP contribution in [0, 0.1) is 5.82 Å². The van der Waals surface area contributed by atoms with E-state index in [1.807, 2.05) is 0 Å². The van der Waals surface area contributed by atoms with E-state index in [0.717, 1.165) is 12.1 Å². The van der Waals surface area contributed by atoms with E-state index in [2.05, 4.69) is 42.6 Å². The van der Waals surface area contributed by atoms with E-state index in [1.165, 1.54) is 30.3 Å². The molecule has 1 amide bonds. The molecule has 2 aromatic carbocycles. The van der Waals surface area contributed by atoms with Gasteiger partial charge in [0.1, 0.15) is 5.82 Å². The van der Waals surface area contributed by atoms with Crippen molar-refractivity contribution in [3.8, 4) is 0 Å². The first kappa shape index (κ1) is 24.1. The Labute approximate surface area is 182 Å². The molecule has 2 rings (SSSR count). The molecule has 0 aliphatic rings. The number of halogens is 2. The van der Waals surface area contributed by atoms with Crippen molar-refractivity contribution in [2.75, 3.05) is 17.8 Å². The molecule has 0 heterocycles. The van der Waals surface area contributed by atoms with Crippen LogP contribution >= 0.6 is 11.6 Å². The second-order valence-corrected chi connectivity index (χ2v) is 9.52. The maximum Gasteiger partial charge on any atom is 0.261 e. The zero-order chi connectivity index (χ0) is 22.5. The summed E-state index contributed by atoms with van der Waals surface area (Å²) in [6, 6.07) is 9.48. The van der Waals surface area contributed by atoms with Crippen LogP contribution in [-0.4, -0.2) is 44.4 Å². The van der Waals surface area contributed by atoms with Gasteiger partial charge in [-0.25, -0.2) is 12.8 Å². The van der Waals surface area contributed by atoms with Gasteiger partial charge < -0.3 is 5.32 Å². The fraction of sp³-hybridized carbons (Fsp3) is 0.381. The molecule has 0 bridgehead atoms. The van der Waals surface area contributed by atoms with E-state index >= 15 is 0 Å². The molecule has 0 aliphatic heterocycles. The molecule has 0 radical (unpaired) electrons. The summed E-state index contributed by atoms with van der Waals surface area (Å²) in [5, 5.41) is 2.94. The summed E-state index contributed by atoms with van der Waals surface area (Å²) >= 11 is 6.13. The monoisotopic (exact) mass is 455 g/mol. The summed E-state index contributed by atoms with van der Waals surface area (Å²) in [6.07, 6.45) is 0. The third kappa shape index (κ3) is 6.42. The van der Waals surface area contributed by atoms with Gasteiger partial charge in [0.15, 0.2) is 0 Å². The van der Waals surface area contributed by atoms with Gasteiger partial charge in [-0.05, 0) is 70.2 Å². The molecule has 0 atom stereocenters. The quantitative estimate of drug-likeness (QED) is 0.596. The Morgan fingerprint density at radius 3 is 2.23 bits per heavy atom. The van der Waals surface area contributed by atoms with E-state index in [-0.39, 0.29) is 21.2 Å². The molecule has 0 saturated heterocycles. The zero-order valence-corrected chi connectivity index (χ0v) is 19.0. The Kier molecular flexibility index (Phi) is 8.23. The van der Waals surface area contributed by atoms with Crippen LogP contribution in [0.15, 0.2) is 47.4 Å². The lowest BCUT2D eigenvalue weighted by Crippen LogP contribution is -2.42. The fourth-order valence-electron chi connectivity index (χ4n) is 3.08. The smallest absolute Gasteiger partial charge is 0.261 e. The summed E-state index contributed by atoms with van der Waals surface area (Å²) in [6.45, 7) is 9.39. The average Bonchev–Trinajstić information content (AvgIpc) is 2.66. The molecule has 0 aliphatic carbocycles. The van der Waals surface area contributed by atoms with Gasteiger partial charge in [-0.15, -0.1) is 0 Å². The Hall–Kier alpha value is -2.16. The van der Waals surface area contributed by atoms with Crippen molar-refractivity contribution in [1.29, 1.82) is 0 Å². The van der Waals surface area contributed by atoms with Gasteiger partial charge in [0.25, 0.3) is 15.9 Å². The van der Waals surface area contributed by atoms with Crippen molar-refractivity contribution in [3.05, 3.63) is 58.9 Å². The van der Waals surface area contributed by atoms with Crippen molar-refractivity contribution in [3.63, 3.8) is 0 Å². The van der Waals surface area contributed by atoms with Crippen LogP contribution in [0.5, 0.6) is 0 Å². The van der Waals surface area contributed by atoms with Crippen molar-refractivity contribution in [1.82, 2.24) is 10.2 Å². The van der Waals surface area contributed by atoms with E-state index in [4.69, 9.17) is 11.6 Å². The fourth-order valence-corrected chi connectivity index (χ4v) is 4.37. The van der Waals surface area contributed by atoms with Gasteiger partial charge in [0.2, 0.25) is 0 Å². The lowest BCUT2D eigenvalue weighted by Gasteiger charge is -2.30. The third-order valence-corrected chi connectivity index (χ3v) is 6.28. The molecule has 164 valence electrons. The summed E-state index contributed by atoms with van der Waals surface area (Å²) < 4.78 is 40.7.